The molecule has 6 rings (SSSR count). The normalized spacial score (nSPS) is 14.0. The van der Waals surface area contributed by atoms with E-state index in [1.54, 1.807) is 0 Å². The van der Waals surface area contributed by atoms with E-state index in [4.69, 9.17) is 22.1 Å². The number of furan rings is 5. The van der Waals surface area contributed by atoms with Crippen LogP contribution in [0.2, 0.25) is 0 Å². The van der Waals surface area contributed by atoms with Crippen molar-refractivity contribution in [1.82, 2.24) is 0 Å². The van der Waals surface area contributed by atoms with Crippen LogP contribution in [-0.4, -0.2) is 0 Å². The van der Waals surface area contributed by atoms with Crippen molar-refractivity contribution in [3.8, 4) is 0 Å². The first-order chi connectivity index (χ1) is 14.7. The Morgan fingerprint density at radius 3 is 0.533 bits per heavy atom. The third-order valence-electron chi connectivity index (χ3n) is 5.33. The van der Waals surface area contributed by atoms with E-state index in [0.717, 1.165) is 57.6 Å². The molecule has 5 aromatic rings. The fourth-order valence-corrected chi connectivity index (χ4v) is 3.92. The number of rotatable bonds is 0. The van der Waals surface area contributed by atoms with Crippen LogP contribution in [0.15, 0.2) is 82.7 Å². The Morgan fingerprint density at radius 2 is 0.400 bits per heavy atom. The van der Waals surface area contributed by atoms with Crippen molar-refractivity contribution >= 4 is 0 Å². The number of hydrogen-bond acceptors (Lipinski definition) is 5. The fourth-order valence-electron chi connectivity index (χ4n) is 3.92. The van der Waals surface area contributed by atoms with Crippen LogP contribution >= 0.6 is 0 Å². The van der Waals surface area contributed by atoms with Gasteiger partial charge in [-0.15, -0.1) is 0 Å². The molecule has 0 aromatic carbocycles. The van der Waals surface area contributed by atoms with E-state index in [1.807, 2.05) is 60.7 Å². The lowest BCUT2D eigenvalue weighted by Gasteiger charge is -1.98. The maximum Gasteiger partial charge on any atom is 0.111 e. The van der Waals surface area contributed by atoms with Crippen molar-refractivity contribution in [3.05, 3.63) is 118 Å². The molecule has 5 aromatic heterocycles. The maximum absolute atomic E-state index is 5.99. The minimum Gasteiger partial charge on any atom is -0.465 e. The first-order valence-electron chi connectivity index (χ1n) is 10.1. The summed E-state index contributed by atoms with van der Waals surface area (Å²) in [7, 11) is 0. The van der Waals surface area contributed by atoms with E-state index < -0.39 is 0 Å². The van der Waals surface area contributed by atoms with Gasteiger partial charge in [-0.3, -0.25) is 0 Å². The molecule has 150 valence electrons. The van der Waals surface area contributed by atoms with Crippen molar-refractivity contribution < 1.29 is 22.1 Å². The quantitative estimate of drug-likeness (QED) is 0.317. The van der Waals surface area contributed by atoms with Gasteiger partial charge < -0.3 is 22.1 Å². The zero-order valence-electron chi connectivity index (χ0n) is 16.4. The van der Waals surface area contributed by atoms with Crippen LogP contribution in [0.1, 0.15) is 57.6 Å². The second-order valence-corrected chi connectivity index (χ2v) is 7.72. The topological polar surface area (TPSA) is 65.7 Å². The first kappa shape index (κ1) is 17.3. The van der Waals surface area contributed by atoms with Crippen molar-refractivity contribution in [3.63, 3.8) is 0 Å². The van der Waals surface area contributed by atoms with Gasteiger partial charge in [0, 0.05) is 0 Å². The highest BCUT2D eigenvalue weighted by Crippen LogP contribution is 2.24. The molecule has 6 heterocycles. The molecule has 0 saturated heterocycles. The van der Waals surface area contributed by atoms with Gasteiger partial charge in [-0.05, 0) is 60.7 Å². The summed E-state index contributed by atoms with van der Waals surface area (Å²) < 4.78 is 29.9. The average Bonchev–Trinajstić information content (AvgIpc) is 3.52. The predicted molar refractivity (Wildman–Crippen MR) is 108 cm³/mol. The summed E-state index contributed by atoms with van der Waals surface area (Å²) in [5.74, 6) is 8.71. The Morgan fingerprint density at radius 1 is 0.267 bits per heavy atom. The van der Waals surface area contributed by atoms with E-state index in [0.29, 0.717) is 32.1 Å². The minimum atomic E-state index is 0.618. The van der Waals surface area contributed by atoms with E-state index in [9.17, 15) is 0 Å². The van der Waals surface area contributed by atoms with Gasteiger partial charge in [0.2, 0.25) is 0 Å². The average molecular weight is 400 g/mol. The molecule has 0 spiro atoms. The van der Waals surface area contributed by atoms with Gasteiger partial charge >= 0.3 is 0 Å². The summed E-state index contributed by atoms with van der Waals surface area (Å²) in [6, 6.07) is 19.9. The minimum absolute atomic E-state index is 0.618. The Balaban J connectivity index is 1.34. The summed E-state index contributed by atoms with van der Waals surface area (Å²) in [6.45, 7) is 0. The van der Waals surface area contributed by atoms with Gasteiger partial charge in [-0.2, -0.15) is 0 Å². The smallest absolute Gasteiger partial charge is 0.111 e. The fraction of sp³-hybridized carbons (Fsp3) is 0.200. The van der Waals surface area contributed by atoms with Crippen molar-refractivity contribution in [2.45, 2.75) is 32.1 Å². The molecular weight excluding hydrogens is 380 g/mol. The molecule has 0 radical (unpaired) electrons. The largest absolute Gasteiger partial charge is 0.465 e. The van der Waals surface area contributed by atoms with Crippen molar-refractivity contribution in [2.75, 3.05) is 0 Å². The molecular formula is C25H20O5. The first-order valence-corrected chi connectivity index (χ1v) is 10.1. The van der Waals surface area contributed by atoms with Gasteiger partial charge in [0.05, 0.1) is 32.1 Å². The van der Waals surface area contributed by atoms with Crippen LogP contribution in [0.4, 0.5) is 0 Å². The molecule has 5 heteroatoms. The molecule has 0 atom stereocenters. The molecule has 0 aliphatic carbocycles. The van der Waals surface area contributed by atoms with E-state index >= 15 is 0 Å². The van der Waals surface area contributed by atoms with E-state index in [1.165, 1.54) is 0 Å². The lowest BCUT2D eigenvalue weighted by Crippen LogP contribution is -1.86. The van der Waals surface area contributed by atoms with Crippen LogP contribution in [0.3, 0.4) is 0 Å². The SMILES string of the molecule is c1cc2oc1Cc1ccc(o1)Cc1ccc(o1)Cc1ccc(o1)Cc1ccc(o1)C2. The molecule has 0 amide bonds. The summed E-state index contributed by atoms with van der Waals surface area (Å²) in [4.78, 5) is 0. The zero-order valence-corrected chi connectivity index (χ0v) is 16.4. The number of hydrogen-bond donors (Lipinski definition) is 0. The van der Waals surface area contributed by atoms with Crippen LogP contribution in [-0.2, 0) is 32.1 Å². The monoisotopic (exact) mass is 400 g/mol. The Bertz CT molecular complexity index is 972. The maximum atomic E-state index is 5.99. The van der Waals surface area contributed by atoms with Crippen molar-refractivity contribution in [1.29, 1.82) is 0 Å². The van der Waals surface area contributed by atoms with Crippen LogP contribution in [0.25, 0.3) is 0 Å². The highest BCUT2D eigenvalue weighted by atomic mass is 16.4. The lowest BCUT2D eigenvalue weighted by atomic mass is 10.2. The third-order valence-corrected chi connectivity index (χ3v) is 5.33. The molecule has 5 nitrogen and oxygen atoms in total. The summed E-state index contributed by atoms with van der Waals surface area (Å²) in [5.41, 5.74) is 0. The molecule has 0 N–H and O–H groups in total. The van der Waals surface area contributed by atoms with Gasteiger partial charge in [-0.1, -0.05) is 0 Å². The summed E-state index contributed by atoms with van der Waals surface area (Å²) >= 11 is 0. The predicted octanol–water partition coefficient (Wildman–Crippen LogP) is 5.92. The third kappa shape index (κ3) is 3.54. The van der Waals surface area contributed by atoms with Gasteiger partial charge in [0.1, 0.15) is 57.6 Å². The number of fused-ring (bicyclic) bond motifs is 10. The van der Waals surface area contributed by atoms with Crippen molar-refractivity contribution in [2.24, 2.45) is 0 Å². The summed E-state index contributed by atoms with van der Waals surface area (Å²) in [5, 5.41) is 0. The van der Waals surface area contributed by atoms with Gasteiger partial charge in [0.25, 0.3) is 0 Å². The van der Waals surface area contributed by atoms with E-state index in [-0.39, 0.29) is 0 Å². The van der Waals surface area contributed by atoms with Gasteiger partial charge in [-0.25, -0.2) is 0 Å². The van der Waals surface area contributed by atoms with E-state index in [2.05, 4.69) is 0 Å². The molecule has 0 saturated carbocycles. The Labute approximate surface area is 172 Å². The Kier molecular flexibility index (Phi) is 4.04. The molecule has 1 aliphatic heterocycles. The molecule has 0 unspecified atom stereocenters. The highest BCUT2D eigenvalue weighted by molar-refractivity contribution is 5.23. The van der Waals surface area contributed by atoms with Crippen LogP contribution in [0, 0.1) is 0 Å². The zero-order chi connectivity index (χ0) is 19.9. The summed E-state index contributed by atoms with van der Waals surface area (Å²) in [6.07, 6.45) is 3.09. The van der Waals surface area contributed by atoms with Gasteiger partial charge in [0.15, 0.2) is 0 Å². The lowest BCUT2D eigenvalue weighted by molar-refractivity contribution is 0.405. The molecule has 0 fully saturated rings. The molecule has 30 heavy (non-hydrogen) atoms. The second kappa shape index (κ2) is 7.02. The highest BCUT2D eigenvalue weighted by Gasteiger charge is 2.14. The van der Waals surface area contributed by atoms with Crippen LogP contribution in [0.5, 0.6) is 0 Å². The van der Waals surface area contributed by atoms with Crippen LogP contribution < -0.4 is 0 Å². The molecule has 10 bridgehead atoms. The molecule has 1 aliphatic rings. The Hall–Kier alpha value is -3.60. The second-order valence-electron chi connectivity index (χ2n) is 7.72. The standard InChI is InChI=1S/C25H20O5/c1-2-17-12-19-5-6-21(28-19)14-23-9-10-25(30-23)15-24-8-7-22(29-24)13-20-4-3-18(27-20)11-16(1)26-17/h1-10H,11-15H2.